The maximum atomic E-state index is 6.16. The highest BCUT2D eigenvalue weighted by Crippen LogP contribution is 2.22. The molecule has 0 amide bonds. The predicted molar refractivity (Wildman–Crippen MR) is 117 cm³/mol. The standard InChI is InChI=1S/C18H21Cl2N3O.HI/c1-24-12-14-5-2-3-7-17(14)23-18(21)22-10-4-6-13-8-9-15(19)11-16(13)20;/h2-3,5,7-9,11H,4,6,10,12H2,1H3,(H3,21,22,23);1H. The first-order chi connectivity index (χ1) is 11.6. The Bertz CT molecular complexity index is 710. The van der Waals surface area contributed by atoms with Crippen molar-refractivity contribution in [3.05, 3.63) is 63.6 Å². The third kappa shape index (κ3) is 7.40. The van der Waals surface area contributed by atoms with Crippen molar-refractivity contribution < 1.29 is 4.74 Å². The Kier molecular flexibility index (Phi) is 10.2. The number of halogens is 3. The van der Waals surface area contributed by atoms with Crippen molar-refractivity contribution >= 4 is 58.8 Å². The number of hydrogen-bond acceptors (Lipinski definition) is 2. The zero-order valence-corrected chi connectivity index (χ0v) is 17.8. The molecule has 4 nitrogen and oxygen atoms in total. The largest absolute Gasteiger partial charge is 0.380 e. The van der Waals surface area contributed by atoms with Crippen LogP contribution in [0.5, 0.6) is 0 Å². The lowest BCUT2D eigenvalue weighted by Gasteiger charge is -2.11. The van der Waals surface area contributed by atoms with E-state index >= 15 is 0 Å². The van der Waals surface area contributed by atoms with Crippen molar-refractivity contribution in [1.29, 1.82) is 0 Å². The SMILES string of the molecule is COCc1ccccc1NC(N)=NCCCc1ccc(Cl)cc1Cl.I. The van der Waals surface area contributed by atoms with E-state index in [9.17, 15) is 0 Å². The molecular formula is C18H22Cl2IN3O. The van der Waals surface area contributed by atoms with E-state index in [1.807, 2.05) is 36.4 Å². The van der Waals surface area contributed by atoms with Crippen molar-refractivity contribution in [2.45, 2.75) is 19.4 Å². The summed E-state index contributed by atoms with van der Waals surface area (Å²) in [6, 6.07) is 13.4. The number of nitrogens with zero attached hydrogens (tertiary/aromatic N) is 1. The lowest BCUT2D eigenvalue weighted by Crippen LogP contribution is -2.23. The van der Waals surface area contributed by atoms with Gasteiger partial charge in [0.25, 0.3) is 0 Å². The van der Waals surface area contributed by atoms with Gasteiger partial charge in [-0.3, -0.25) is 4.99 Å². The van der Waals surface area contributed by atoms with Gasteiger partial charge in [0.15, 0.2) is 5.96 Å². The number of para-hydroxylation sites is 1. The second-order valence-electron chi connectivity index (χ2n) is 5.32. The van der Waals surface area contributed by atoms with E-state index in [0.29, 0.717) is 29.2 Å². The number of aryl methyl sites for hydroxylation is 1. The average Bonchev–Trinajstić information content (AvgIpc) is 2.55. The quantitative estimate of drug-likeness (QED) is 0.243. The van der Waals surface area contributed by atoms with Gasteiger partial charge in [0, 0.05) is 35.0 Å². The van der Waals surface area contributed by atoms with E-state index in [1.54, 1.807) is 13.2 Å². The number of anilines is 1. The second kappa shape index (κ2) is 11.6. The number of rotatable bonds is 7. The molecule has 0 unspecified atom stereocenters. The minimum atomic E-state index is 0. The molecule has 0 aliphatic carbocycles. The number of guanidine groups is 1. The van der Waals surface area contributed by atoms with Gasteiger partial charge in [-0.25, -0.2) is 0 Å². The number of aliphatic imine (C=N–C) groups is 1. The van der Waals surface area contributed by atoms with Crippen molar-refractivity contribution in [2.24, 2.45) is 10.7 Å². The third-order valence-electron chi connectivity index (χ3n) is 3.48. The van der Waals surface area contributed by atoms with E-state index in [2.05, 4.69) is 10.3 Å². The molecule has 25 heavy (non-hydrogen) atoms. The first-order valence-corrected chi connectivity index (χ1v) is 8.43. The molecule has 2 aromatic carbocycles. The van der Waals surface area contributed by atoms with Gasteiger partial charge < -0.3 is 15.8 Å². The summed E-state index contributed by atoms with van der Waals surface area (Å²) in [6.07, 6.45) is 1.68. The first-order valence-electron chi connectivity index (χ1n) is 7.68. The van der Waals surface area contributed by atoms with Crippen LogP contribution in [0.25, 0.3) is 0 Å². The van der Waals surface area contributed by atoms with E-state index in [0.717, 1.165) is 29.7 Å². The maximum Gasteiger partial charge on any atom is 0.193 e. The molecule has 2 rings (SSSR count). The lowest BCUT2D eigenvalue weighted by atomic mass is 10.1. The van der Waals surface area contributed by atoms with Gasteiger partial charge in [-0.15, -0.1) is 24.0 Å². The first kappa shape index (κ1) is 22.0. The molecule has 0 bridgehead atoms. The molecule has 0 spiro atoms. The fraction of sp³-hybridized carbons (Fsp3) is 0.278. The molecule has 0 saturated heterocycles. The van der Waals surface area contributed by atoms with Crippen molar-refractivity contribution in [1.82, 2.24) is 0 Å². The van der Waals surface area contributed by atoms with Gasteiger partial charge in [-0.1, -0.05) is 47.5 Å². The minimum absolute atomic E-state index is 0. The fourth-order valence-corrected chi connectivity index (χ4v) is 2.80. The zero-order chi connectivity index (χ0) is 17.4. The van der Waals surface area contributed by atoms with E-state index in [-0.39, 0.29) is 24.0 Å². The second-order valence-corrected chi connectivity index (χ2v) is 6.17. The summed E-state index contributed by atoms with van der Waals surface area (Å²) in [7, 11) is 1.66. The Labute approximate surface area is 175 Å². The molecule has 3 N–H and O–H groups in total. The van der Waals surface area contributed by atoms with Crippen LogP contribution in [0.3, 0.4) is 0 Å². The van der Waals surface area contributed by atoms with Crippen molar-refractivity contribution in [3.63, 3.8) is 0 Å². The zero-order valence-electron chi connectivity index (χ0n) is 14.0. The Morgan fingerprint density at radius 1 is 1.16 bits per heavy atom. The highest BCUT2D eigenvalue weighted by atomic mass is 127. The van der Waals surface area contributed by atoms with Crippen LogP contribution in [0.15, 0.2) is 47.5 Å². The Balaban J connectivity index is 0.00000312. The summed E-state index contributed by atoms with van der Waals surface area (Å²) >= 11 is 12.0. The van der Waals surface area contributed by atoms with Gasteiger partial charge in [0.05, 0.1) is 6.61 Å². The number of methoxy groups -OCH3 is 1. The fourth-order valence-electron chi connectivity index (χ4n) is 2.29. The molecule has 0 atom stereocenters. The molecule has 2 aromatic rings. The van der Waals surface area contributed by atoms with Crippen LogP contribution in [0.2, 0.25) is 10.0 Å². The van der Waals surface area contributed by atoms with Crippen molar-refractivity contribution in [2.75, 3.05) is 19.0 Å². The topological polar surface area (TPSA) is 59.6 Å². The van der Waals surface area contributed by atoms with Gasteiger partial charge in [0.2, 0.25) is 0 Å². The minimum Gasteiger partial charge on any atom is -0.380 e. The summed E-state index contributed by atoms with van der Waals surface area (Å²) in [4.78, 5) is 4.36. The van der Waals surface area contributed by atoms with Gasteiger partial charge in [-0.2, -0.15) is 0 Å². The molecule has 136 valence electrons. The summed E-state index contributed by atoms with van der Waals surface area (Å²) < 4.78 is 5.17. The maximum absolute atomic E-state index is 6.16. The number of hydrogen-bond donors (Lipinski definition) is 2. The Morgan fingerprint density at radius 2 is 1.92 bits per heavy atom. The highest BCUT2D eigenvalue weighted by molar-refractivity contribution is 14.0. The molecule has 7 heteroatoms. The highest BCUT2D eigenvalue weighted by Gasteiger charge is 2.03. The Hall–Kier alpha value is -1.02. The van der Waals surface area contributed by atoms with Crippen LogP contribution in [0.1, 0.15) is 17.5 Å². The Morgan fingerprint density at radius 3 is 2.64 bits per heavy atom. The predicted octanol–water partition coefficient (Wildman–Crippen LogP) is 5.12. The molecule has 0 aliphatic heterocycles. The molecule has 0 heterocycles. The van der Waals surface area contributed by atoms with Crippen LogP contribution in [0.4, 0.5) is 5.69 Å². The molecule has 0 radical (unpaired) electrons. The molecule has 0 aromatic heterocycles. The van der Waals surface area contributed by atoms with Crippen LogP contribution in [-0.4, -0.2) is 19.6 Å². The van der Waals surface area contributed by atoms with Crippen LogP contribution in [0, 0.1) is 0 Å². The average molecular weight is 494 g/mol. The van der Waals surface area contributed by atoms with Crippen molar-refractivity contribution in [3.8, 4) is 0 Å². The lowest BCUT2D eigenvalue weighted by molar-refractivity contribution is 0.185. The van der Waals surface area contributed by atoms with E-state index in [1.165, 1.54) is 0 Å². The van der Waals surface area contributed by atoms with Crippen LogP contribution < -0.4 is 11.1 Å². The summed E-state index contributed by atoms with van der Waals surface area (Å²) in [5.74, 6) is 0.390. The van der Waals surface area contributed by atoms with E-state index < -0.39 is 0 Å². The monoisotopic (exact) mass is 493 g/mol. The van der Waals surface area contributed by atoms with E-state index in [4.69, 9.17) is 33.7 Å². The normalized spacial score (nSPS) is 11.1. The van der Waals surface area contributed by atoms with Crippen LogP contribution in [-0.2, 0) is 17.8 Å². The summed E-state index contributed by atoms with van der Waals surface area (Å²) in [6.45, 7) is 1.13. The number of nitrogens with two attached hydrogens (primary N) is 1. The van der Waals surface area contributed by atoms with Gasteiger partial charge >= 0.3 is 0 Å². The number of benzene rings is 2. The van der Waals surface area contributed by atoms with Gasteiger partial charge in [0.1, 0.15) is 0 Å². The van der Waals surface area contributed by atoms with Gasteiger partial charge in [-0.05, 0) is 36.6 Å². The summed E-state index contributed by atoms with van der Waals surface area (Å²) in [5.41, 5.74) is 8.96. The molecule has 0 saturated carbocycles. The third-order valence-corrected chi connectivity index (χ3v) is 4.07. The number of nitrogens with one attached hydrogen (secondary N) is 1. The smallest absolute Gasteiger partial charge is 0.193 e. The molecule has 0 aliphatic rings. The summed E-state index contributed by atoms with van der Waals surface area (Å²) in [5, 5.41) is 4.45. The van der Waals surface area contributed by atoms with Crippen LogP contribution >= 0.6 is 47.2 Å². The number of ether oxygens (including phenoxy) is 1. The molecule has 0 fully saturated rings. The molecular weight excluding hydrogens is 472 g/mol.